The average Bonchev–Trinajstić information content (AvgIpc) is 3.09. The van der Waals surface area contributed by atoms with E-state index in [1.165, 1.54) is 0 Å². The van der Waals surface area contributed by atoms with Crippen LogP contribution in [0.3, 0.4) is 0 Å². The van der Waals surface area contributed by atoms with E-state index in [0.29, 0.717) is 24.5 Å². The molecule has 1 N–H and O–H groups in total. The molecule has 1 aliphatic carbocycles. The molecule has 1 aromatic carbocycles. The van der Waals surface area contributed by atoms with E-state index in [1.807, 2.05) is 49.4 Å². The fourth-order valence-electron chi connectivity index (χ4n) is 3.06. The van der Waals surface area contributed by atoms with Crippen LogP contribution in [0.25, 0.3) is 10.4 Å². The number of methoxy groups -OCH3 is 1. The van der Waals surface area contributed by atoms with Gasteiger partial charge < -0.3 is 14.7 Å². The van der Waals surface area contributed by atoms with Gasteiger partial charge in [0.2, 0.25) is 0 Å². The molecule has 0 fully saturated rings. The smallest absolute Gasteiger partial charge is 0.307 e. The van der Waals surface area contributed by atoms with Crippen molar-refractivity contribution < 1.29 is 19.5 Å². The Kier molecular flexibility index (Phi) is 7.12. The molecule has 1 aromatic heterocycles. The van der Waals surface area contributed by atoms with Crippen molar-refractivity contribution >= 4 is 34.6 Å². The first-order chi connectivity index (χ1) is 14.0. The van der Waals surface area contributed by atoms with Gasteiger partial charge in [-0.05, 0) is 47.9 Å². The van der Waals surface area contributed by atoms with Gasteiger partial charge in [0, 0.05) is 21.2 Å². The van der Waals surface area contributed by atoms with E-state index in [2.05, 4.69) is 5.16 Å². The minimum Gasteiger partial charge on any atom is -0.501 e. The lowest BCUT2D eigenvalue weighted by molar-refractivity contribution is -0.136. The van der Waals surface area contributed by atoms with Crippen molar-refractivity contribution in [3.63, 3.8) is 0 Å². The normalized spacial score (nSPS) is 15.1. The van der Waals surface area contributed by atoms with Crippen LogP contribution in [0, 0.1) is 0 Å². The monoisotopic (exact) mass is 431 g/mol. The number of allylic oxidation sites excluding steroid dienone is 4. The van der Waals surface area contributed by atoms with E-state index in [-0.39, 0.29) is 6.42 Å². The largest absolute Gasteiger partial charge is 0.501 e. The molecule has 152 valence electrons. The second-order valence-corrected chi connectivity index (χ2v) is 8.06. The summed E-state index contributed by atoms with van der Waals surface area (Å²) in [6.45, 7) is 2.38. The molecule has 1 heterocycles. The molecule has 0 saturated carbocycles. The molecule has 0 saturated heterocycles. The van der Waals surface area contributed by atoms with Gasteiger partial charge in [-0.3, -0.25) is 4.79 Å². The number of carbonyl (C=O) groups is 1. The maximum absolute atomic E-state index is 11.4. The first-order valence-electron chi connectivity index (χ1n) is 9.22. The van der Waals surface area contributed by atoms with Crippen LogP contribution in [-0.4, -0.2) is 30.5 Å². The van der Waals surface area contributed by atoms with E-state index < -0.39 is 5.97 Å². The molecule has 2 aromatic rings. The maximum Gasteiger partial charge on any atom is 0.307 e. The highest BCUT2D eigenvalue weighted by Crippen LogP contribution is 2.35. The molecule has 29 heavy (non-hydrogen) atoms. The van der Waals surface area contributed by atoms with Crippen LogP contribution in [0.2, 0.25) is 5.02 Å². The van der Waals surface area contributed by atoms with Gasteiger partial charge >= 0.3 is 5.97 Å². The van der Waals surface area contributed by atoms with Crippen LogP contribution in [0.4, 0.5) is 0 Å². The number of thiophene rings is 1. The van der Waals surface area contributed by atoms with Crippen molar-refractivity contribution in [2.45, 2.75) is 26.2 Å². The Balaban J connectivity index is 1.93. The van der Waals surface area contributed by atoms with Gasteiger partial charge in [-0.25, -0.2) is 0 Å². The van der Waals surface area contributed by atoms with Gasteiger partial charge in [0.25, 0.3) is 0 Å². The molecule has 5 nitrogen and oxygen atoms in total. The van der Waals surface area contributed by atoms with Gasteiger partial charge in [-0.15, -0.1) is 11.3 Å². The lowest BCUT2D eigenvalue weighted by Crippen LogP contribution is -2.12. The van der Waals surface area contributed by atoms with Crippen molar-refractivity contribution in [3.05, 3.63) is 69.3 Å². The van der Waals surface area contributed by atoms with E-state index in [4.69, 9.17) is 21.2 Å². The summed E-state index contributed by atoms with van der Waals surface area (Å²) in [4.78, 5) is 18.6. The summed E-state index contributed by atoms with van der Waals surface area (Å²) in [6, 6.07) is 9.43. The summed E-state index contributed by atoms with van der Waals surface area (Å²) < 4.78 is 5.34. The summed E-state index contributed by atoms with van der Waals surface area (Å²) in [5.41, 5.74) is 3.62. The van der Waals surface area contributed by atoms with Crippen molar-refractivity contribution in [2.24, 2.45) is 5.16 Å². The number of hydrogen-bond donors (Lipinski definition) is 1. The van der Waals surface area contributed by atoms with Gasteiger partial charge in [0.1, 0.15) is 12.4 Å². The van der Waals surface area contributed by atoms with E-state index in [9.17, 15) is 9.90 Å². The summed E-state index contributed by atoms with van der Waals surface area (Å²) in [5.74, 6) is -0.0282. The van der Waals surface area contributed by atoms with Gasteiger partial charge in [0.05, 0.1) is 25.7 Å². The molecule has 3 rings (SSSR count). The molecule has 0 spiro atoms. The molecule has 0 amide bonds. The lowest BCUT2D eigenvalue weighted by atomic mass is 9.97. The topological polar surface area (TPSA) is 68.1 Å². The third-order valence-corrected chi connectivity index (χ3v) is 5.90. The Morgan fingerprint density at radius 1 is 1.28 bits per heavy atom. The number of oxime groups is 1. The number of carboxylic acids is 1. The second kappa shape index (κ2) is 9.76. The number of benzene rings is 1. The van der Waals surface area contributed by atoms with Crippen LogP contribution in [0.5, 0.6) is 0 Å². The number of carboxylic acid groups (broad SMARTS) is 1. The van der Waals surface area contributed by atoms with E-state index in [0.717, 1.165) is 37.9 Å². The van der Waals surface area contributed by atoms with Crippen LogP contribution >= 0.6 is 22.9 Å². The zero-order valence-electron chi connectivity index (χ0n) is 16.3. The zero-order chi connectivity index (χ0) is 20.8. The highest BCUT2D eigenvalue weighted by molar-refractivity contribution is 7.15. The second-order valence-electron chi connectivity index (χ2n) is 6.48. The molecule has 0 radical (unpaired) electrons. The Labute approximate surface area is 178 Å². The van der Waals surface area contributed by atoms with Gasteiger partial charge in [-0.1, -0.05) is 35.0 Å². The van der Waals surface area contributed by atoms with Crippen molar-refractivity contribution in [2.75, 3.05) is 13.7 Å². The van der Waals surface area contributed by atoms with Crippen LogP contribution < -0.4 is 0 Å². The molecule has 0 atom stereocenters. The number of hydrogen-bond acceptors (Lipinski definition) is 5. The molecule has 7 heteroatoms. The molecule has 0 bridgehead atoms. The average molecular weight is 432 g/mol. The van der Waals surface area contributed by atoms with Crippen LogP contribution in [0.15, 0.2) is 59.0 Å². The van der Waals surface area contributed by atoms with E-state index in [1.54, 1.807) is 18.4 Å². The highest BCUT2D eigenvalue weighted by Gasteiger charge is 2.19. The summed E-state index contributed by atoms with van der Waals surface area (Å²) >= 11 is 7.59. The van der Waals surface area contributed by atoms with Crippen molar-refractivity contribution in [1.82, 2.24) is 0 Å². The quantitative estimate of drug-likeness (QED) is 0.561. The third kappa shape index (κ3) is 5.49. The number of aliphatic carboxylic acids is 1. The molecular weight excluding hydrogens is 410 g/mol. The number of nitrogens with zero attached hydrogens (tertiary/aromatic N) is 1. The maximum atomic E-state index is 11.4. The molecule has 0 aliphatic heterocycles. The number of halogens is 1. The molecule has 1 aliphatic rings. The summed E-state index contributed by atoms with van der Waals surface area (Å²) in [6.07, 6.45) is 5.11. The third-order valence-electron chi connectivity index (χ3n) is 4.42. The Morgan fingerprint density at radius 3 is 2.69 bits per heavy atom. The van der Waals surface area contributed by atoms with Crippen LogP contribution in [-0.2, 0) is 27.2 Å². The van der Waals surface area contributed by atoms with Crippen molar-refractivity contribution in [1.29, 1.82) is 0 Å². The lowest BCUT2D eigenvalue weighted by Gasteiger charge is -2.15. The first kappa shape index (κ1) is 21.1. The zero-order valence-corrected chi connectivity index (χ0v) is 17.8. The Morgan fingerprint density at radius 2 is 2.03 bits per heavy atom. The Hall–Kier alpha value is -2.57. The molecular formula is C22H22ClNO4S. The summed E-state index contributed by atoms with van der Waals surface area (Å²) in [5, 5.41) is 14.2. The highest BCUT2D eigenvalue weighted by atomic mass is 35.5. The minimum atomic E-state index is -0.854. The fraction of sp³-hybridized carbons (Fsp3) is 0.273. The number of rotatable bonds is 8. The predicted molar refractivity (Wildman–Crippen MR) is 117 cm³/mol. The number of ether oxygens (including phenoxy) is 1. The fourth-order valence-corrected chi connectivity index (χ4v) is 4.40. The molecule has 0 unspecified atom stereocenters. The Bertz CT molecular complexity index is 973. The predicted octanol–water partition coefficient (Wildman–Crippen LogP) is 5.49. The van der Waals surface area contributed by atoms with E-state index >= 15 is 0 Å². The summed E-state index contributed by atoms with van der Waals surface area (Å²) in [7, 11) is 1.64. The van der Waals surface area contributed by atoms with Crippen LogP contribution in [0.1, 0.15) is 23.8 Å². The van der Waals surface area contributed by atoms with Crippen molar-refractivity contribution in [3.8, 4) is 10.4 Å². The SMILES string of the molecule is CCON=C1CC(OC)=CC=C1Cc1cc(CC(=O)O)c(-c2ccc(Cl)cc2)s1. The minimum absolute atomic E-state index is 0.0267. The van der Waals surface area contributed by atoms with Gasteiger partial charge in [0.15, 0.2) is 0 Å². The standard InChI is InChI=1S/C22H22ClNO4S/c1-3-28-24-20-13-18(27-2)9-6-15(20)10-19-11-16(12-21(25)26)22(29-19)14-4-7-17(23)8-5-14/h4-9,11H,3,10,12-13H2,1-2H3,(H,25,26). The van der Waals surface area contributed by atoms with Gasteiger partial charge in [-0.2, -0.15) is 0 Å². The first-order valence-corrected chi connectivity index (χ1v) is 10.4.